The van der Waals surface area contributed by atoms with Crippen LogP contribution in [0.25, 0.3) is 0 Å². The number of benzene rings is 1. The summed E-state index contributed by atoms with van der Waals surface area (Å²) in [7, 11) is 0. The summed E-state index contributed by atoms with van der Waals surface area (Å²) in [6, 6.07) is 4.17. The highest BCUT2D eigenvalue weighted by Gasteiger charge is 2.21. The van der Waals surface area contributed by atoms with Crippen molar-refractivity contribution in [3.63, 3.8) is 0 Å². The smallest absolute Gasteiger partial charge is 0.159 e. The van der Waals surface area contributed by atoms with Crippen molar-refractivity contribution < 1.29 is 8.78 Å². The lowest BCUT2D eigenvalue weighted by Crippen LogP contribution is -2.20. The van der Waals surface area contributed by atoms with Gasteiger partial charge in [-0.3, -0.25) is 4.90 Å². The average molecular weight is 304 g/mol. The van der Waals surface area contributed by atoms with E-state index in [2.05, 4.69) is 20.8 Å². The molecule has 0 aliphatic carbocycles. The summed E-state index contributed by atoms with van der Waals surface area (Å²) >= 11 is 3.45. The molecule has 1 heterocycles. The minimum absolute atomic E-state index is 0.718. The van der Waals surface area contributed by atoms with E-state index in [1.165, 1.54) is 25.0 Å². The van der Waals surface area contributed by atoms with E-state index < -0.39 is 11.6 Å². The zero-order valence-corrected chi connectivity index (χ0v) is 11.2. The van der Waals surface area contributed by atoms with Crippen LogP contribution in [0.5, 0.6) is 0 Å². The first-order chi connectivity index (χ1) is 8.19. The molecule has 1 aliphatic heterocycles. The number of alkyl halides is 1. The van der Waals surface area contributed by atoms with Gasteiger partial charge in [-0.25, -0.2) is 8.78 Å². The number of hydrogen-bond donors (Lipinski definition) is 0. The Morgan fingerprint density at radius 3 is 2.82 bits per heavy atom. The third-order valence-electron chi connectivity index (χ3n) is 3.28. The molecule has 1 saturated heterocycles. The molecular formula is C13H16BrF2N. The summed E-state index contributed by atoms with van der Waals surface area (Å²) in [6.07, 6.45) is 2.39. The first-order valence-electron chi connectivity index (χ1n) is 5.91. The maximum Gasteiger partial charge on any atom is 0.159 e. The lowest BCUT2D eigenvalue weighted by molar-refractivity contribution is 0.314. The van der Waals surface area contributed by atoms with E-state index >= 15 is 0 Å². The molecule has 17 heavy (non-hydrogen) atoms. The van der Waals surface area contributed by atoms with Crippen molar-refractivity contribution in [2.75, 3.05) is 18.4 Å². The SMILES string of the molecule is Fc1ccc(CN2CCC(CCBr)C2)cc1F. The van der Waals surface area contributed by atoms with Crippen LogP contribution in [0.3, 0.4) is 0 Å². The van der Waals surface area contributed by atoms with E-state index in [0.717, 1.165) is 36.4 Å². The lowest BCUT2D eigenvalue weighted by Gasteiger charge is -2.15. The number of nitrogens with zero attached hydrogens (tertiary/aromatic N) is 1. The van der Waals surface area contributed by atoms with Crippen molar-refractivity contribution in [3.05, 3.63) is 35.4 Å². The van der Waals surface area contributed by atoms with Gasteiger partial charge in [0.25, 0.3) is 0 Å². The Balaban J connectivity index is 1.91. The van der Waals surface area contributed by atoms with Crippen molar-refractivity contribution in [1.29, 1.82) is 0 Å². The zero-order chi connectivity index (χ0) is 12.3. The highest BCUT2D eigenvalue weighted by Crippen LogP contribution is 2.22. The van der Waals surface area contributed by atoms with Crippen LogP contribution in [0.1, 0.15) is 18.4 Å². The summed E-state index contributed by atoms with van der Waals surface area (Å²) in [5.74, 6) is -0.786. The molecular weight excluding hydrogens is 288 g/mol. The average Bonchev–Trinajstić information content (AvgIpc) is 2.72. The van der Waals surface area contributed by atoms with Gasteiger partial charge in [0.1, 0.15) is 0 Å². The molecule has 94 valence electrons. The van der Waals surface area contributed by atoms with Crippen LogP contribution in [0.15, 0.2) is 18.2 Å². The molecule has 1 atom stereocenters. The van der Waals surface area contributed by atoms with Gasteiger partial charge in [0.2, 0.25) is 0 Å². The summed E-state index contributed by atoms with van der Waals surface area (Å²) in [4.78, 5) is 2.31. The van der Waals surface area contributed by atoms with Crippen LogP contribution in [0.2, 0.25) is 0 Å². The molecule has 0 spiro atoms. The minimum Gasteiger partial charge on any atom is -0.299 e. The van der Waals surface area contributed by atoms with Gasteiger partial charge < -0.3 is 0 Å². The third-order valence-corrected chi connectivity index (χ3v) is 3.74. The van der Waals surface area contributed by atoms with Crippen LogP contribution >= 0.6 is 15.9 Å². The normalized spacial score (nSPS) is 21.0. The Morgan fingerprint density at radius 2 is 2.12 bits per heavy atom. The Bertz CT molecular complexity index is 384. The molecule has 0 saturated carbocycles. The summed E-state index contributed by atoms with van der Waals surface area (Å²) < 4.78 is 25.8. The topological polar surface area (TPSA) is 3.24 Å². The quantitative estimate of drug-likeness (QED) is 0.769. The number of halogens is 3. The van der Waals surface area contributed by atoms with Crippen LogP contribution in [0, 0.1) is 17.6 Å². The summed E-state index contributed by atoms with van der Waals surface area (Å²) in [5.41, 5.74) is 0.850. The second-order valence-electron chi connectivity index (χ2n) is 4.62. The van der Waals surface area contributed by atoms with Gasteiger partial charge in [-0.2, -0.15) is 0 Å². The fourth-order valence-electron chi connectivity index (χ4n) is 2.34. The molecule has 1 aromatic carbocycles. The predicted molar refractivity (Wildman–Crippen MR) is 68.2 cm³/mol. The van der Waals surface area contributed by atoms with Crippen molar-refractivity contribution in [3.8, 4) is 0 Å². The van der Waals surface area contributed by atoms with E-state index in [9.17, 15) is 8.78 Å². The van der Waals surface area contributed by atoms with Crippen LogP contribution in [-0.2, 0) is 6.54 Å². The first kappa shape index (κ1) is 13.0. The van der Waals surface area contributed by atoms with E-state index in [1.807, 2.05) is 0 Å². The van der Waals surface area contributed by atoms with Crippen molar-refractivity contribution >= 4 is 15.9 Å². The van der Waals surface area contributed by atoms with Crippen LogP contribution < -0.4 is 0 Å². The predicted octanol–water partition coefficient (Wildman–Crippen LogP) is 3.57. The molecule has 2 rings (SSSR count). The third kappa shape index (κ3) is 3.49. The minimum atomic E-state index is -0.771. The van der Waals surface area contributed by atoms with E-state index in [1.54, 1.807) is 6.07 Å². The number of rotatable bonds is 4. The molecule has 0 N–H and O–H groups in total. The highest BCUT2D eigenvalue weighted by molar-refractivity contribution is 9.09. The van der Waals surface area contributed by atoms with E-state index in [-0.39, 0.29) is 0 Å². The standard InChI is InChI=1S/C13H16BrF2N/c14-5-3-10-4-6-17(8-10)9-11-1-2-12(15)13(16)7-11/h1-2,7,10H,3-6,8-9H2. The van der Waals surface area contributed by atoms with E-state index in [0.29, 0.717) is 0 Å². The Hall–Kier alpha value is -0.480. The van der Waals surface area contributed by atoms with Crippen LogP contribution in [0.4, 0.5) is 8.78 Å². The largest absolute Gasteiger partial charge is 0.299 e. The van der Waals surface area contributed by atoms with Gasteiger partial charge in [0, 0.05) is 18.4 Å². The molecule has 1 fully saturated rings. The molecule has 1 aromatic rings. The van der Waals surface area contributed by atoms with Crippen LogP contribution in [-0.4, -0.2) is 23.3 Å². The number of hydrogen-bond acceptors (Lipinski definition) is 1. The van der Waals surface area contributed by atoms with Gasteiger partial charge in [-0.1, -0.05) is 22.0 Å². The Labute approximate surface area is 109 Å². The summed E-state index contributed by atoms with van der Waals surface area (Å²) in [5, 5.41) is 1.04. The fraction of sp³-hybridized carbons (Fsp3) is 0.538. The molecule has 0 radical (unpaired) electrons. The molecule has 1 aliphatic rings. The maximum atomic E-state index is 13.1. The van der Waals surface area contributed by atoms with Gasteiger partial charge in [-0.05, 0) is 43.0 Å². The van der Waals surface area contributed by atoms with Crippen molar-refractivity contribution in [1.82, 2.24) is 4.90 Å². The molecule has 0 amide bonds. The Kier molecular flexibility index (Phi) is 4.51. The highest BCUT2D eigenvalue weighted by atomic mass is 79.9. The molecule has 0 bridgehead atoms. The van der Waals surface area contributed by atoms with Gasteiger partial charge in [-0.15, -0.1) is 0 Å². The lowest BCUT2D eigenvalue weighted by atomic mass is 10.1. The maximum absolute atomic E-state index is 13.1. The molecule has 4 heteroatoms. The molecule has 1 unspecified atom stereocenters. The number of likely N-dealkylation sites (tertiary alicyclic amines) is 1. The summed E-state index contributed by atoms with van der Waals surface area (Å²) in [6.45, 7) is 2.83. The first-order valence-corrected chi connectivity index (χ1v) is 7.03. The van der Waals surface area contributed by atoms with Gasteiger partial charge >= 0.3 is 0 Å². The van der Waals surface area contributed by atoms with Crippen molar-refractivity contribution in [2.45, 2.75) is 19.4 Å². The monoisotopic (exact) mass is 303 g/mol. The van der Waals surface area contributed by atoms with E-state index in [4.69, 9.17) is 0 Å². The Morgan fingerprint density at radius 1 is 1.29 bits per heavy atom. The molecule has 1 nitrogen and oxygen atoms in total. The second-order valence-corrected chi connectivity index (χ2v) is 5.41. The fourth-order valence-corrected chi connectivity index (χ4v) is 2.99. The molecule has 0 aromatic heterocycles. The zero-order valence-electron chi connectivity index (χ0n) is 9.63. The van der Waals surface area contributed by atoms with Gasteiger partial charge in [0.05, 0.1) is 0 Å². The second kappa shape index (κ2) is 5.91. The van der Waals surface area contributed by atoms with Crippen molar-refractivity contribution in [2.24, 2.45) is 5.92 Å². The van der Waals surface area contributed by atoms with Gasteiger partial charge in [0.15, 0.2) is 11.6 Å².